The molecule has 0 saturated heterocycles. The molecular weight excluding hydrogens is 208 g/mol. The summed E-state index contributed by atoms with van der Waals surface area (Å²) in [5, 5.41) is 8.92. The molecule has 2 unspecified atom stereocenters. The van der Waals surface area contributed by atoms with Crippen LogP contribution in [0.1, 0.15) is 85.0 Å². The number of unbranched alkanes of at least 4 members (excludes halogenated alkanes) is 5. The van der Waals surface area contributed by atoms with Crippen molar-refractivity contribution in [1.29, 1.82) is 0 Å². The predicted molar refractivity (Wildman–Crippen MR) is 77.3 cm³/mol. The Morgan fingerprint density at radius 2 is 1.18 bits per heavy atom. The van der Waals surface area contributed by atoms with Gasteiger partial charge in [0.05, 0.1) is 0 Å². The van der Waals surface area contributed by atoms with Gasteiger partial charge in [-0.3, -0.25) is 0 Å². The Labute approximate surface area is 109 Å². The van der Waals surface area contributed by atoms with Gasteiger partial charge in [-0.25, -0.2) is 0 Å². The van der Waals surface area contributed by atoms with Gasteiger partial charge in [0.2, 0.25) is 0 Å². The quantitative estimate of drug-likeness (QED) is 0.468. The minimum Gasteiger partial charge on any atom is -0.396 e. The molecule has 17 heavy (non-hydrogen) atoms. The summed E-state index contributed by atoms with van der Waals surface area (Å²) in [5.74, 6) is 1.42. The first-order chi connectivity index (χ1) is 8.20. The highest BCUT2D eigenvalue weighted by Gasteiger charge is 2.03. The van der Waals surface area contributed by atoms with Crippen molar-refractivity contribution in [2.24, 2.45) is 11.8 Å². The monoisotopic (exact) mass is 242 g/mol. The molecule has 0 aliphatic carbocycles. The largest absolute Gasteiger partial charge is 0.396 e. The lowest BCUT2D eigenvalue weighted by atomic mass is 9.95. The molecule has 0 aliphatic heterocycles. The fourth-order valence-electron chi connectivity index (χ4n) is 2.32. The van der Waals surface area contributed by atoms with Gasteiger partial charge in [-0.05, 0) is 18.3 Å². The Morgan fingerprint density at radius 1 is 0.706 bits per heavy atom. The molecule has 0 spiro atoms. The second-order valence-electron chi connectivity index (χ2n) is 5.88. The zero-order valence-electron chi connectivity index (χ0n) is 12.4. The fourth-order valence-corrected chi connectivity index (χ4v) is 2.32. The smallest absolute Gasteiger partial charge is 0.0456 e. The van der Waals surface area contributed by atoms with Gasteiger partial charge >= 0.3 is 0 Å². The van der Waals surface area contributed by atoms with Gasteiger partial charge in [-0.15, -0.1) is 0 Å². The zero-order valence-corrected chi connectivity index (χ0v) is 12.4. The van der Waals surface area contributed by atoms with Gasteiger partial charge in [0.25, 0.3) is 0 Å². The standard InChI is InChI=1S/C16H34O/c1-4-5-6-8-11-15(2)12-9-7-10-13-16(3)14-17/h15-17H,4-14H2,1-3H3. The van der Waals surface area contributed by atoms with E-state index in [-0.39, 0.29) is 0 Å². The van der Waals surface area contributed by atoms with Crippen LogP contribution in [0.5, 0.6) is 0 Å². The lowest BCUT2D eigenvalue weighted by Crippen LogP contribution is -2.00. The van der Waals surface area contributed by atoms with Crippen LogP contribution in [0.4, 0.5) is 0 Å². The number of aliphatic hydroxyl groups is 1. The van der Waals surface area contributed by atoms with Gasteiger partial charge < -0.3 is 5.11 Å². The van der Waals surface area contributed by atoms with E-state index >= 15 is 0 Å². The Kier molecular flexibility index (Phi) is 12.4. The van der Waals surface area contributed by atoms with Crippen LogP contribution in [0.3, 0.4) is 0 Å². The molecule has 0 fully saturated rings. The van der Waals surface area contributed by atoms with Crippen molar-refractivity contribution >= 4 is 0 Å². The lowest BCUT2D eigenvalue weighted by Gasteiger charge is -2.11. The van der Waals surface area contributed by atoms with E-state index in [4.69, 9.17) is 5.11 Å². The Hall–Kier alpha value is -0.0400. The normalized spacial score (nSPS) is 14.8. The summed E-state index contributed by atoms with van der Waals surface area (Å²) in [6, 6.07) is 0. The average Bonchev–Trinajstić information content (AvgIpc) is 2.34. The highest BCUT2D eigenvalue weighted by Crippen LogP contribution is 2.18. The van der Waals surface area contributed by atoms with Crippen LogP contribution in [0.2, 0.25) is 0 Å². The van der Waals surface area contributed by atoms with Gasteiger partial charge in [0.1, 0.15) is 0 Å². The third-order valence-electron chi connectivity index (χ3n) is 3.76. The van der Waals surface area contributed by atoms with Crippen LogP contribution in [-0.4, -0.2) is 11.7 Å². The van der Waals surface area contributed by atoms with Crippen LogP contribution >= 0.6 is 0 Å². The molecule has 104 valence electrons. The van der Waals surface area contributed by atoms with Crippen molar-refractivity contribution in [3.63, 3.8) is 0 Å². The minimum absolute atomic E-state index is 0.355. The van der Waals surface area contributed by atoms with E-state index in [0.29, 0.717) is 12.5 Å². The summed E-state index contributed by atoms with van der Waals surface area (Å²) < 4.78 is 0. The molecule has 1 nitrogen and oxygen atoms in total. The SMILES string of the molecule is CCCCCCC(C)CCCCCC(C)CO. The van der Waals surface area contributed by atoms with E-state index in [1.165, 1.54) is 64.2 Å². The average molecular weight is 242 g/mol. The van der Waals surface area contributed by atoms with Crippen LogP contribution in [0.15, 0.2) is 0 Å². The predicted octanol–water partition coefficient (Wildman–Crippen LogP) is 5.17. The topological polar surface area (TPSA) is 20.2 Å². The first-order valence-corrected chi connectivity index (χ1v) is 7.81. The molecule has 0 saturated carbocycles. The van der Waals surface area contributed by atoms with Gasteiger partial charge in [-0.2, -0.15) is 0 Å². The minimum atomic E-state index is 0.355. The van der Waals surface area contributed by atoms with Gasteiger partial charge in [0.15, 0.2) is 0 Å². The maximum absolute atomic E-state index is 8.92. The Morgan fingerprint density at radius 3 is 1.65 bits per heavy atom. The van der Waals surface area contributed by atoms with E-state index in [9.17, 15) is 0 Å². The molecule has 0 aliphatic rings. The molecule has 1 N–H and O–H groups in total. The summed E-state index contributed by atoms with van der Waals surface area (Å²) >= 11 is 0. The second-order valence-corrected chi connectivity index (χ2v) is 5.88. The first kappa shape index (κ1) is 17.0. The number of hydrogen-bond donors (Lipinski definition) is 1. The number of rotatable bonds is 12. The van der Waals surface area contributed by atoms with Crippen LogP contribution in [0, 0.1) is 11.8 Å². The highest BCUT2D eigenvalue weighted by molar-refractivity contribution is 4.56. The molecule has 0 radical (unpaired) electrons. The lowest BCUT2D eigenvalue weighted by molar-refractivity contribution is 0.227. The molecule has 0 aromatic carbocycles. The third kappa shape index (κ3) is 12.2. The van der Waals surface area contributed by atoms with Crippen LogP contribution < -0.4 is 0 Å². The summed E-state index contributed by atoms with van der Waals surface area (Å²) in [7, 11) is 0. The molecule has 0 bridgehead atoms. The van der Waals surface area contributed by atoms with E-state index in [2.05, 4.69) is 20.8 Å². The van der Waals surface area contributed by atoms with Gasteiger partial charge in [-0.1, -0.05) is 78.6 Å². The van der Waals surface area contributed by atoms with Crippen LogP contribution in [0.25, 0.3) is 0 Å². The van der Waals surface area contributed by atoms with E-state index in [1.807, 2.05) is 0 Å². The van der Waals surface area contributed by atoms with Crippen LogP contribution in [-0.2, 0) is 0 Å². The zero-order chi connectivity index (χ0) is 12.9. The Balaban J connectivity index is 3.18. The van der Waals surface area contributed by atoms with Crippen molar-refractivity contribution < 1.29 is 5.11 Å². The van der Waals surface area contributed by atoms with Crippen molar-refractivity contribution in [3.05, 3.63) is 0 Å². The summed E-state index contributed by atoms with van der Waals surface area (Å²) in [5.41, 5.74) is 0. The maximum atomic E-state index is 8.92. The molecule has 0 rings (SSSR count). The summed E-state index contributed by atoms with van der Waals surface area (Å²) in [6.45, 7) is 7.17. The molecule has 0 heterocycles. The van der Waals surface area contributed by atoms with Crippen molar-refractivity contribution in [1.82, 2.24) is 0 Å². The highest BCUT2D eigenvalue weighted by atomic mass is 16.3. The maximum Gasteiger partial charge on any atom is 0.0456 e. The van der Waals surface area contributed by atoms with Gasteiger partial charge in [0, 0.05) is 6.61 Å². The first-order valence-electron chi connectivity index (χ1n) is 7.81. The molecule has 0 aromatic rings. The van der Waals surface area contributed by atoms with E-state index in [1.54, 1.807) is 0 Å². The molecular formula is C16H34O. The summed E-state index contributed by atoms with van der Waals surface area (Å²) in [6.07, 6.45) is 13.7. The fraction of sp³-hybridized carbons (Fsp3) is 1.00. The molecule has 1 heteroatoms. The van der Waals surface area contributed by atoms with Crippen molar-refractivity contribution in [3.8, 4) is 0 Å². The van der Waals surface area contributed by atoms with E-state index < -0.39 is 0 Å². The Bertz CT molecular complexity index is 144. The second kappa shape index (κ2) is 12.4. The molecule has 2 atom stereocenters. The summed E-state index contributed by atoms with van der Waals surface area (Å²) in [4.78, 5) is 0. The molecule has 0 amide bonds. The third-order valence-corrected chi connectivity index (χ3v) is 3.76. The molecule has 0 aromatic heterocycles. The number of aliphatic hydroxyl groups excluding tert-OH is 1. The van der Waals surface area contributed by atoms with Crippen molar-refractivity contribution in [2.75, 3.05) is 6.61 Å². The van der Waals surface area contributed by atoms with E-state index in [0.717, 1.165) is 5.92 Å². The number of hydrogen-bond acceptors (Lipinski definition) is 1. The van der Waals surface area contributed by atoms with Crippen molar-refractivity contribution in [2.45, 2.75) is 85.0 Å².